The first-order valence-electron chi connectivity index (χ1n) is 7.71. The van der Waals surface area contributed by atoms with E-state index in [1.54, 1.807) is 6.92 Å². The van der Waals surface area contributed by atoms with Crippen molar-refractivity contribution in [3.05, 3.63) is 67.8 Å². The second kappa shape index (κ2) is 6.76. The Morgan fingerprint density at radius 1 is 1.33 bits per heavy atom. The summed E-state index contributed by atoms with van der Waals surface area (Å²) >= 11 is 1.14. The number of halogens is 4. The lowest BCUT2D eigenvalue weighted by atomic mass is 10.0. The van der Waals surface area contributed by atoms with Crippen LogP contribution in [0.5, 0.6) is 0 Å². The van der Waals surface area contributed by atoms with Crippen LogP contribution in [0.3, 0.4) is 0 Å². The Morgan fingerprint density at radius 3 is 2.67 bits per heavy atom. The van der Waals surface area contributed by atoms with Crippen molar-refractivity contribution in [3.8, 4) is 0 Å². The summed E-state index contributed by atoms with van der Waals surface area (Å²) in [4.78, 5) is 28.8. The number of carbonyl (C=O) groups excluding carboxylic acids is 1. The Balaban J connectivity index is 2.05. The van der Waals surface area contributed by atoms with E-state index >= 15 is 0 Å². The molecular weight excluding hydrogens is 386 g/mol. The molecule has 0 fully saturated rings. The summed E-state index contributed by atoms with van der Waals surface area (Å²) in [6.07, 6.45) is -5.23. The quantitative estimate of drug-likeness (QED) is 0.686. The molecule has 2 aromatic heterocycles. The van der Waals surface area contributed by atoms with E-state index in [0.717, 1.165) is 23.5 Å². The number of thiazole rings is 1. The zero-order valence-electron chi connectivity index (χ0n) is 13.9. The summed E-state index contributed by atoms with van der Waals surface area (Å²) in [6, 6.07) is 4.09. The molecule has 0 aliphatic carbocycles. The SMILES string of the molecule is Cc1sc2nc(Cc3cccc(C(F)(F)F)c3F)cc(=O)n2c1CC(N)=O. The standard InChI is InChI=1S/C17H13F4N3O2S/c1-8-12(7-13(22)25)24-14(26)6-10(23-16(24)27-8)5-9-3-2-4-11(15(9)18)17(19,20)21/h2-4,6H,5,7H2,1H3,(H2,22,25). The van der Waals surface area contributed by atoms with Crippen LogP contribution in [0.2, 0.25) is 0 Å². The third-order valence-corrected chi connectivity index (χ3v) is 4.96. The van der Waals surface area contributed by atoms with Gasteiger partial charge in [0, 0.05) is 17.4 Å². The Hall–Kier alpha value is -2.75. The van der Waals surface area contributed by atoms with Gasteiger partial charge in [-0.15, -0.1) is 11.3 Å². The lowest BCUT2D eigenvalue weighted by molar-refractivity contribution is -0.140. The van der Waals surface area contributed by atoms with Crippen LogP contribution in [0.1, 0.15) is 27.4 Å². The molecule has 27 heavy (non-hydrogen) atoms. The van der Waals surface area contributed by atoms with E-state index in [4.69, 9.17) is 5.73 Å². The molecular formula is C17H13F4N3O2S. The van der Waals surface area contributed by atoms with E-state index in [9.17, 15) is 27.2 Å². The lowest BCUT2D eigenvalue weighted by Crippen LogP contribution is -2.21. The van der Waals surface area contributed by atoms with Crippen LogP contribution >= 0.6 is 11.3 Å². The van der Waals surface area contributed by atoms with Crippen molar-refractivity contribution in [3.63, 3.8) is 0 Å². The van der Waals surface area contributed by atoms with Gasteiger partial charge in [0.1, 0.15) is 5.82 Å². The van der Waals surface area contributed by atoms with E-state index < -0.39 is 29.0 Å². The molecule has 2 N–H and O–H groups in total. The number of benzene rings is 1. The van der Waals surface area contributed by atoms with Crippen LogP contribution < -0.4 is 11.3 Å². The molecule has 0 unspecified atom stereocenters. The van der Waals surface area contributed by atoms with Gasteiger partial charge in [0.2, 0.25) is 5.91 Å². The van der Waals surface area contributed by atoms with Crippen LogP contribution in [0.15, 0.2) is 29.1 Å². The number of hydrogen-bond acceptors (Lipinski definition) is 4. The van der Waals surface area contributed by atoms with E-state index in [-0.39, 0.29) is 29.1 Å². The molecule has 0 aliphatic heterocycles. The molecule has 3 rings (SSSR count). The number of primary amides is 1. The van der Waals surface area contributed by atoms with Gasteiger partial charge in [-0.1, -0.05) is 12.1 Å². The Labute approximate surface area is 154 Å². The van der Waals surface area contributed by atoms with Gasteiger partial charge < -0.3 is 5.73 Å². The highest BCUT2D eigenvalue weighted by Crippen LogP contribution is 2.32. The number of fused-ring (bicyclic) bond motifs is 1. The van der Waals surface area contributed by atoms with Gasteiger partial charge in [-0.3, -0.25) is 14.0 Å². The molecule has 0 spiro atoms. The van der Waals surface area contributed by atoms with Crippen LogP contribution in [-0.2, 0) is 23.8 Å². The van der Waals surface area contributed by atoms with Gasteiger partial charge >= 0.3 is 6.18 Å². The predicted molar refractivity (Wildman–Crippen MR) is 91.2 cm³/mol. The number of alkyl halides is 3. The molecule has 5 nitrogen and oxygen atoms in total. The molecule has 3 aromatic rings. The number of aryl methyl sites for hydroxylation is 1. The number of carbonyl (C=O) groups is 1. The number of rotatable bonds is 4. The van der Waals surface area contributed by atoms with Gasteiger partial charge in [0.15, 0.2) is 4.96 Å². The molecule has 0 atom stereocenters. The Morgan fingerprint density at radius 2 is 2.04 bits per heavy atom. The summed E-state index contributed by atoms with van der Waals surface area (Å²) in [5, 5.41) is 0. The maximum atomic E-state index is 14.2. The minimum Gasteiger partial charge on any atom is -0.369 e. The molecule has 0 radical (unpaired) electrons. The molecule has 1 amide bonds. The highest BCUT2D eigenvalue weighted by atomic mass is 32.1. The fourth-order valence-corrected chi connectivity index (χ4v) is 3.78. The summed E-state index contributed by atoms with van der Waals surface area (Å²) in [7, 11) is 0. The average Bonchev–Trinajstić information content (AvgIpc) is 2.83. The first-order valence-corrected chi connectivity index (χ1v) is 8.53. The van der Waals surface area contributed by atoms with Crippen LogP contribution in [0, 0.1) is 12.7 Å². The number of nitrogens with two attached hydrogens (primary N) is 1. The predicted octanol–water partition coefficient (Wildman–Crippen LogP) is 2.84. The van der Waals surface area contributed by atoms with E-state index in [1.807, 2.05) is 0 Å². The normalized spacial score (nSPS) is 11.9. The van der Waals surface area contributed by atoms with Crippen molar-refractivity contribution in [1.29, 1.82) is 0 Å². The number of aromatic nitrogens is 2. The second-order valence-corrected chi connectivity index (χ2v) is 7.09. The van der Waals surface area contributed by atoms with Crippen LogP contribution in [0.25, 0.3) is 4.96 Å². The fraction of sp³-hybridized carbons (Fsp3) is 0.235. The second-order valence-electron chi connectivity index (χ2n) is 5.90. The van der Waals surface area contributed by atoms with Crippen molar-refractivity contribution < 1.29 is 22.4 Å². The van der Waals surface area contributed by atoms with Crippen molar-refractivity contribution >= 4 is 22.2 Å². The van der Waals surface area contributed by atoms with Gasteiger partial charge in [0.25, 0.3) is 5.56 Å². The summed E-state index contributed by atoms with van der Waals surface area (Å²) in [5.74, 6) is -2.00. The summed E-state index contributed by atoms with van der Waals surface area (Å²) in [6.45, 7) is 1.70. The topological polar surface area (TPSA) is 77.5 Å². The number of amides is 1. The van der Waals surface area contributed by atoms with Crippen molar-refractivity contribution in [2.24, 2.45) is 5.73 Å². The average molecular weight is 399 g/mol. The lowest BCUT2D eigenvalue weighted by Gasteiger charge is -2.11. The summed E-state index contributed by atoms with van der Waals surface area (Å²) < 4.78 is 54.0. The Kier molecular flexibility index (Phi) is 4.77. The zero-order chi connectivity index (χ0) is 19.9. The molecule has 142 valence electrons. The molecule has 0 bridgehead atoms. The molecule has 10 heteroatoms. The molecule has 0 saturated carbocycles. The number of hydrogen-bond donors (Lipinski definition) is 1. The van der Waals surface area contributed by atoms with E-state index in [0.29, 0.717) is 16.6 Å². The van der Waals surface area contributed by atoms with Crippen molar-refractivity contribution in [1.82, 2.24) is 9.38 Å². The molecule has 0 saturated heterocycles. The number of nitrogens with zero attached hydrogens (tertiary/aromatic N) is 2. The molecule has 2 heterocycles. The molecule has 1 aromatic carbocycles. The van der Waals surface area contributed by atoms with Crippen LogP contribution in [0.4, 0.5) is 17.6 Å². The summed E-state index contributed by atoms with van der Waals surface area (Å²) in [5.41, 5.74) is 3.64. The van der Waals surface area contributed by atoms with Gasteiger partial charge in [-0.2, -0.15) is 13.2 Å². The first kappa shape index (κ1) is 19.0. The first-order chi connectivity index (χ1) is 12.6. The van der Waals surface area contributed by atoms with E-state index in [1.165, 1.54) is 10.5 Å². The Bertz CT molecular complexity index is 1100. The van der Waals surface area contributed by atoms with Gasteiger partial charge in [-0.25, -0.2) is 9.37 Å². The monoisotopic (exact) mass is 399 g/mol. The molecule has 0 aliphatic rings. The largest absolute Gasteiger partial charge is 0.419 e. The van der Waals surface area contributed by atoms with Gasteiger partial charge in [0.05, 0.1) is 23.4 Å². The van der Waals surface area contributed by atoms with Gasteiger partial charge in [-0.05, 0) is 18.6 Å². The minimum absolute atomic E-state index is 0.130. The maximum Gasteiger partial charge on any atom is 0.419 e. The highest BCUT2D eigenvalue weighted by molar-refractivity contribution is 7.17. The highest BCUT2D eigenvalue weighted by Gasteiger charge is 2.34. The third-order valence-electron chi connectivity index (χ3n) is 3.96. The van der Waals surface area contributed by atoms with Crippen molar-refractivity contribution in [2.75, 3.05) is 0 Å². The maximum absolute atomic E-state index is 14.2. The third kappa shape index (κ3) is 3.70. The zero-order valence-corrected chi connectivity index (χ0v) is 14.7. The van der Waals surface area contributed by atoms with Crippen molar-refractivity contribution in [2.45, 2.75) is 25.9 Å². The van der Waals surface area contributed by atoms with E-state index in [2.05, 4.69) is 4.98 Å². The minimum atomic E-state index is -4.81. The fourth-order valence-electron chi connectivity index (χ4n) is 2.77. The van der Waals surface area contributed by atoms with Crippen LogP contribution in [-0.4, -0.2) is 15.3 Å². The smallest absolute Gasteiger partial charge is 0.369 e.